The van der Waals surface area contributed by atoms with Crippen molar-refractivity contribution in [1.82, 2.24) is 0 Å². The molecule has 60 valence electrons. The SMILES string of the molecule is CCC(C)OC(=O)C(F)F. The summed E-state index contributed by atoms with van der Waals surface area (Å²) in [5, 5.41) is 0. The molecule has 0 N–H and O–H groups in total. The van der Waals surface area contributed by atoms with Gasteiger partial charge in [0, 0.05) is 0 Å². The Morgan fingerprint density at radius 1 is 1.60 bits per heavy atom. The minimum atomic E-state index is -3.01. The molecule has 1 atom stereocenters. The number of carbonyl (C=O) groups excluding carboxylic acids is 1. The Bertz CT molecular complexity index is 114. The molecule has 0 radical (unpaired) electrons. The lowest BCUT2D eigenvalue weighted by molar-refractivity contribution is -0.161. The molecule has 4 heteroatoms. The van der Waals surface area contributed by atoms with Crippen LogP contribution in [0.25, 0.3) is 0 Å². The van der Waals surface area contributed by atoms with Gasteiger partial charge in [0.05, 0.1) is 6.10 Å². The highest BCUT2D eigenvalue weighted by Crippen LogP contribution is 2.01. The minimum absolute atomic E-state index is 0.415. The summed E-state index contributed by atoms with van der Waals surface area (Å²) in [6.07, 6.45) is -2.87. The Hall–Kier alpha value is -0.670. The molecule has 0 saturated heterocycles. The molecule has 0 saturated carbocycles. The summed E-state index contributed by atoms with van der Waals surface area (Å²) in [6, 6.07) is 0. The lowest BCUT2D eigenvalue weighted by Gasteiger charge is -2.09. The van der Waals surface area contributed by atoms with Gasteiger partial charge >= 0.3 is 12.4 Å². The second-order valence-electron chi connectivity index (χ2n) is 1.96. The highest BCUT2D eigenvalue weighted by Gasteiger charge is 2.18. The predicted molar refractivity (Wildman–Crippen MR) is 31.8 cm³/mol. The zero-order valence-corrected chi connectivity index (χ0v) is 5.93. The molecule has 0 aromatic rings. The maximum Gasteiger partial charge on any atom is 0.374 e. The smallest absolute Gasteiger partial charge is 0.374 e. The summed E-state index contributed by atoms with van der Waals surface area (Å²) in [5.74, 6) is -1.44. The van der Waals surface area contributed by atoms with Crippen LogP contribution in [0.5, 0.6) is 0 Å². The Kier molecular flexibility index (Phi) is 3.91. The van der Waals surface area contributed by atoms with Crippen LogP contribution in [0.15, 0.2) is 0 Å². The summed E-state index contributed by atoms with van der Waals surface area (Å²) >= 11 is 0. The van der Waals surface area contributed by atoms with E-state index in [0.29, 0.717) is 6.42 Å². The van der Waals surface area contributed by atoms with E-state index >= 15 is 0 Å². The summed E-state index contributed by atoms with van der Waals surface area (Å²) in [6.45, 7) is 3.32. The molecule has 0 fully saturated rings. The summed E-state index contributed by atoms with van der Waals surface area (Å²) in [7, 11) is 0. The third kappa shape index (κ3) is 3.37. The van der Waals surface area contributed by atoms with Gasteiger partial charge in [-0.25, -0.2) is 4.79 Å². The number of alkyl halides is 2. The number of halogens is 2. The van der Waals surface area contributed by atoms with Gasteiger partial charge in [0.25, 0.3) is 0 Å². The molecule has 0 aliphatic carbocycles. The number of rotatable bonds is 3. The van der Waals surface area contributed by atoms with Crippen LogP contribution in [0.4, 0.5) is 8.78 Å². The molecular formula is C6H10F2O2. The fourth-order valence-corrected chi connectivity index (χ4v) is 0.333. The first-order valence-corrected chi connectivity index (χ1v) is 3.06. The van der Waals surface area contributed by atoms with Gasteiger partial charge in [-0.3, -0.25) is 0 Å². The van der Waals surface area contributed by atoms with Crippen molar-refractivity contribution >= 4 is 5.97 Å². The summed E-state index contributed by atoms with van der Waals surface area (Å²) in [4.78, 5) is 10.1. The van der Waals surface area contributed by atoms with E-state index in [2.05, 4.69) is 4.74 Å². The van der Waals surface area contributed by atoms with E-state index in [1.54, 1.807) is 13.8 Å². The first-order valence-electron chi connectivity index (χ1n) is 3.06. The maximum absolute atomic E-state index is 11.5. The average Bonchev–Trinajstić information content (AvgIpc) is 1.87. The topological polar surface area (TPSA) is 26.3 Å². The van der Waals surface area contributed by atoms with Gasteiger partial charge in [0.2, 0.25) is 0 Å². The number of hydrogen-bond donors (Lipinski definition) is 0. The van der Waals surface area contributed by atoms with Crippen molar-refractivity contribution in [3.8, 4) is 0 Å². The second kappa shape index (κ2) is 4.19. The van der Waals surface area contributed by atoms with Gasteiger partial charge in [-0.1, -0.05) is 6.92 Å². The highest BCUT2D eigenvalue weighted by molar-refractivity contribution is 5.72. The van der Waals surface area contributed by atoms with Crippen LogP contribution < -0.4 is 0 Å². The van der Waals surface area contributed by atoms with E-state index in [1.807, 2.05) is 0 Å². The van der Waals surface area contributed by atoms with Crippen LogP contribution in [-0.4, -0.2) is 18.5 Å². The maximum atomic E-state index is 11.5. The molecule has 0 aliphatic rings. The fourth-order valence-electron chi connectivity index (χ4n) is 0.333. The normalized spacial score (nSPS) is 13.3. The lowest BCUT2D eigenvalue weighted by Crippen LogP contribution is -2.19. The van der Waals surface area contributed by atoms with E-state index in [9.17, 15) is 13.6 Å². The molecule has 0 aromatic carbocycles. The zero-order valence-electron chi connectivity index (χ0n) is 5.93. The van der Waals surface area contributed by atoms with E-state index in [0.717, 1.165) is 0 Å². The quantitative estimate of drug-likeness (QED) is 0.574. The summed E-state index contributed by atoms with van der Waals surface area (Å²) < 4.78 is 27.2. The van der Waals surface area contributed by atoms with E-state index in [1.165, 1.54) is 0 Å². The molecule has 0 amide bonds. The Labute approximate surface area is 58.2 Å². The van der Waals surface area contributed by atoms with Crippen LogP contribution in [0, 0.1) is 0 Å². The molecule has 0 spiro atoms. The van der Waals surface area contributed by atoms with Crippen LogP contribution in [-0.2, 0) is 9.53 Å². The van der Waals surface area contributed by atoms with Gasteiger partial charge in [0.15, 0.2) is 0 Å². The van der Waals surface area contributed by atoms with Crippen LogP contribution >= 0.6 is 0 Å². The molecule has 0 bridgehead atoms. The molecule has 10 heavy (non-hydrogen) atoms. The highest BCUT2D eigenvalue weighted by atomic mass is 19.3. The number of esters is 1. The van der Waals surface area contributed by atoms with Crippen LogP contribution in [0.3, 0.4) is 0 Å². The van der Waals surface area contributed by atoms with E-state index in [4.69, 9.17) is 0 Å². The molecule has 2 nitrogen and oxygen atoms in total. The van der Waals surface area contributed by atoms with Gasteiger partial charge < -0.3 is 4.74 Å². The largest absolute Gasteiger partial charge is 0.458 e. The Morgan fingerprint density at radius 3 is 2.40 bits per heavy atom. The van der Waals surface area contributed by atoms with E-state index < -0.39 is 18.5 Å². The predicted octanol–water partition coefficient (Wildman–Crippen LogP) is 1.59. The fraction of sp³-hybridized carbons (Fsp3) is 0.833. The number of ether oxygens (including phenoxy) is 1. The van der Waals surface area contributed by atoms with Crippen LogP contribution in [0.2, 0.25) is 0 Å². The molecular weight excluding hydrogens is 142 g/mol. The van der Waals surface area contributed by atoms with Gasteiger partial charge in [-0.05, 0) is 13.3 Å². The molecule has 0 aromatic heterocycles. The van der Waals surface area contributed by atoms with Crippen molar-refractivity contribution in [3.05, 3.63) is 0 Å². The minimum Gasteiger partial charge on any atom is -0.458 e. The molecule has 0 rings (SSSR count). The third-order valence-corrected chi connectivity index (χ3v) is 1.07. The van der Waals surface area contributed by atoms with Crippen molar-refractivity contribution in [3.63, 3.8) is 0 Å². The van der Waals surface area contributed by atoms with E-state index in [-0.39, 0.29) is 0 Å². The van der Waals surface area contributed by atoms with Crippen molar-refractivity contribution in [2.24, 2.45) is 0 Å². The standard InChI is InChI=1S/C6H10F2O2/c1-3-4(2)10-6(9)5(7)8/h4-5H,3H2,1-2H3. The lowest BCUT2D eigenvalue weighted by atomic mass is 10.3. The Morgan fingerprint density at radius 2 is 2.10 bits per heavy atom. The average molecular weight is 152 g/mol. The van der Waals surface area contributed by atoms with Gasteiger partial charge in [-0.15, -0.1) is 0 Å². The van der Waals surface area contributed by atoms with Gasteiger partial charge in [0.1, 0.15) is 0 Å². The number of hydrogen-bond acceptors (Lipinski definition) is 2. The first kappa shape index (κ1) is 9.33. The monoisotopic (exact) mass is 152 g/mol. The molecule has 1 unspecified atom stereocenters. The zero-order chi connectivity index (χ0) is 8.15. The number of carbonyl (C=O) groups is 1. The van der Waals surface area contributed by atoms with Crippen LogP contribution in [0.1, 0.15) is 20.3 Å². The summed E-state index contributed by atoms with van der Waals surface area (Å²) in [5.41, 5.74) is 0. The van der Waals surface area contributed by atoms with Crippen molar-refractivity contribution in [2.75, 3.05) is 0 Å². The van der Waals surface area contributed by atoms with Gasteiger partial charge in [-0.2, -0.15) is 8.78 Å². The van der Waals surface area contributed by atoms with Crippen molar-refractivity contribution < 1.29 is 18.3 Å². The van der Waals surface area contributed by atoms with Crippen molar-refractivity contribution in [2.45, 2.75) is 32.8 Å². The Balaban J connectivity index is 3.57. The molecule has 0 aliphatic heterocycles. The van der Waals surface area contributed by atoms with Crippen molar-refractivity contribution in [1.29, 1.82) is 0 Å². The first-order chi connectivity index (χ1) is 4.57. The second-order valence-corrected chi connectivity index (χ2v) is 1.96. The third-order valence-electron chi connectivity index (χ3n) is 1.07. The molecule has 0 heterocycles.